The maximum absolute atomic E-state index is 8.74. The van der Waals surface area contributed by atoms with Crippen molar-refractivity contribution in [1.82, 2.24) is 0 Å². The van der Waals surface area contributed by atoms with Crippen molar-refractivity contribution in [3.63, 3.8) is 0 Å². The zero-order valence-electron chi connectivity index (χ0n) is 18.1. The van der Waals surface area contributed by atoms with Gasteiger partial charge in [0.25, 0.3) is 0 Å². The summed E-state index contributed by atoms with van der Waals surface area (Å²) in [7, 11) is -3.13. The van der Waals surface area contributed by atoms with Gasteiger partial charge in [0.15, 0.2) is 0 Å². The van der Waals surface area contributed by atoms with Gasteiger partial charge in [0, 0.05) is 6.61 Å². The lowest BCUT2D eigenvalue weighted by Crippen LogP contribution is -1.85. The van der Waals surface area contributed by atoms with Crippen LogP contribution in [0.5, 0.6) is 0 Å². The van der Waals surface area contributed by atoms with Gasteiger partial charge in [0.05, 0.1) is 0 Å². The molecule has 0 fully saturated rings. The lowest BCUT2D eigenvalue weighted by molar-refractivity contribution is 0.282. The first-order chi connectivity index (χ1) is 13.1. The number of unbranched alkanes of at least 4 members (excludes halogenated alkanes) is 19. The second kappa shape index (κ2) is 28.3. The van der Waals surface area contributed by atoms with Crippen LogP contribution in [0.2, 0.25) is 0 Å². The minimum absolute atomic E-state index is 0.374. The minimum Gasteiger partial charge on any atom is -0.396 e. The van der Waals surface area contributed by atoms with Crippen LogP contribution in [0.25, 0.3) is 0 Å². The quantitative estimate of drug-likeness (QED) is 0.147. The number of aliphatic hydroxyl groups is 1. The maximum atomic E-state index is 8.74. The molecule has 27 heavy (non-hydrogen) atoms. The largest absolute Gasteiger partial charge is 0.396 e. The fourth-order valence-electron chi connectivity index (χ4n) is 3.37. The van der Waals surface area contributed by atoms with Crippen molar-refractivity contribution in [3.05, 3.63) is 0 Å². The van der Waals surface area contributed by atoms with Crippen LogP contribution in [-0.4, -0.2) is 21.5 Å². The molecular weight excluding hydrogens is 359 g/mol. The van der Waals surface area contributed by atoms with E-state index >= 15 is 0 Å². The van der Waals surface area contributed by atoms with Gasteiger partial charge in [-0.2, -0.15) is 0 Å². The standard InChI is InChI=1S/C22H46O.H3O3P/c1-2-3-4-5-6-7-8-9-10-11-12-13-14-15-16-17-18-19-20-21-22-23;1-4(2)3/h23H,2-22H2,1H3;4H,(H2,1,2,3). The molecule has 3 N–H and O–H groups in total. The van der Waals surface area contributed by atoms with Crippen molar-refractivity contribution in [1.29, 1.82) is 0 Å². The fourth-order valence-corrected chi connectivity index (χ4v) is 3.37. The van der Waals surface area contributed by atoms with Gasteiger partial charge in [0.1, 0.15) is 0 Å². The Morgan fingerprint density at radius 2 is 0.667 bits per heavy atom. The first-order valence-electron chi connectivity index (χ1n) is 11.7. The van der Waals surface area contributed by atoms with Crippen LogP contribution in [0.3, 0.4) is 0 Å². The highest BCUT2D eigenvalue weighted by Gasteiger charge is 1.95. The molecular formula is C22H49O4P. The van der Waals surface area contributed by atoms with Gasteiger partial charge >= 0.3 is 8.25 Å². The van der Waals surface area contributed by atoms with E-state index < -0.39 is 8.25 Å². The van der Waals surface area contributed by atoms with Gasteiger partial charge < -0.3 is 14.9 Å². The Morgan fingerprint density at radius 3 is 0.852 bits per heavy atom. The zero-order valence-corrected chi connectivity index (χ0v) is 19.1. The molecule has 0 amide bonds. The third kappa shape index (κ3) is 37.5. The summed E-state index contributed by atoms with van der Waals surface area (Å²) in [6.45, 7) is 2.67. The van der Waals surface area contributed by atoms with Gasteiger partial charge in [-0.25, -0.2) is 0 Å². The molecule has 0 radical (unpaired) electrons. The minimum atomic E-state index is -3.13. The second-order valence-electron chi connectivity index (χ2n) is 7.72. The second-order valence-corrected chi connectivity index (χ2v) is 8.29. The third-order valence-electron chi connectivity index (χ3n) is 5.01. The fraction of sp³-hybridized carbons (Fsp3) is 1.00. The normalized spacial score (nSPS) is 10.9. The molecule has 0 spiro atoms. The van der Waals surface area contributed by atoms with Crippen LogP contribution < -0.4 is 0 Å². The highest BCUT2D eigenvalue weighted by molar-refractivity contribution is 7.30. The smallest absolute Gasteiger partial charge is 0.314 e. The molecule has 0 heterocycles. The molecule has 0 aromatic heterocycles. The Labute approximate surface area is 170 Å². The molecule has 0 aliphatic carbocycles. The summed E-state index contributed by atoms with van der Waals surface area (Å²) in [5.41, 5.74) is 0. The molecule has 0 aliphatic heterocycles. The Kier molecular flexibility index (Phi) is 30.7. The van der Waals surface area contributed by atoms with E-state index in [1.54, 1.807) is 0 Å². The van der Waals surface area contributed by atoms with Crippen molar-refractivity contribution >= 4 is 8.25 Å². The topological polar surface area (TPSA) is 77.8 Å². The van der Waals surface area contributed by atoms with Crippen LogP contribution in [0, 0.1) is 0 Å². The Hall–Kier alpha value is 0.110. The summed E-state index contributed by atoms with van der Waals surface area (Å²) in [6, 6.07) is 0. The summed E-state index contributed by atoms with van der Waals surface area (Å²) >= 11 is 0. The summed E-state index contributed by atoms with van der Waals surface area (Å²) < 4.78 is 8.74. The molecule has 0 atom stereocenters. The number of hydrogen-bond donors (Lipinski definition) is 3. The van der Waals surface area contributed by atoms with E-state index in [0.717, 1.165) is 6.42 Å². The summed E-state index contributed by atoms with van der Waals surface area (Å²) in [4.78, 5) is 14.3. The Bertz CT molecular complexity index is 251. The molecule has 0 rings (SSSR count). The van der Waals surface area contributed by atoms with Gasteiger partial charge in [-0.3, -0.25) is 4.57 Å². The van der Waals surface area contributed by atoms with Crippen LogP contribution in [-0.2, 0) is 4.57 Å². The van der Waals surface area contributed by atoms with Crippen molar-refractivity contribution < 1.29 is 19.5 Å². The van der Waals surface area contributed by atoms with Gasteiger partial charge in [-0.05, 0) is 6.42 Å². The van der Waals surface area contributed by atoms with E-state index in [0.29, 0.717) is 6.61 Å². The van der Waals surface area contributed by atoms with Crippen molar-refractivity contribution in [2.24, 2.45) is 0 Å². The first-order valence-corrected chi connectivity index (χ1v) is 13.0. The molecule has 0 unspecified atom stereocenters. The lowest BCUT2D eigenvalue weighted by atomic mass is 10.0. The molecule has 0 aliphatic rings. The van der Waals surface area contributed by atoms with Gasteiger partial charge in [0.2, 0.25) is 0 Å². The van der Waals surface area contributed by atoms with Gasteiger partial charge in [-0.1, -0.05) is 129 Å². The van der Waals surface area contributed by atoms with Gasteiger partial charge in [-0.15, -0.1) is 0 Å². The van der Waals surface area contributed by atoms with Crippen molar-refractivity contribution in [2.75, 3.05) is 6.61 Å². The van der Waals surface area contributed by atoms with Crippen LogP contribution >= 0.6 is 8.25 Å². The SMILES string of the molecule is CCCCCCCCCCCCCCCCCCCCCCO.O=[PH](O)O. The molecule has 0 bridgehead atoms. The van der Waals surface area contributed by atoms with Crippen LogP contribution in [0.1, 0.15) is 135 Å². The molecule has 0 aromatic rings. The Morgan fingerprint density at radius 1 is 0.481 bits per heavy atom. The van der Waals surface area contributed by atoms with Crippen molar-refractivity contribution in [3.8, 4) is 0 Å². The maximum Gasteiger partial charge on any atom is 0.314 e. The van der Waals surface area contributed by atoms with E-state index in [1.807, 2.05) is 0 Å². The van der Waals surface area contributed by atoms with E-state index in [-0.39, 0.29) is 0 Å². The van der Waals surface area contributed by atoms with Crippen LogP contribution in [0.15, 0.2) is 0 Å². The average Bonchev–Trinajstić information content (AvgIpc) is 2.63. The molecule has 166 valence electrons. The lowest BCUT2D eigenvalue weighted by Gasteiger charge is -2.03. The third-order valence-corrected chi connectivity index (χ3v) is 5.01. The zero-order chi connectivity index (χ0) is 20.4. The van der Waals surface area contributed by atoms with E-state index in [9.17, 15) is 0 Å². The summed E-state index contributed by atoms with van der Waals surface area (Å²) in [5, 5.41) is 8.71. The monoisotopic (exact) mass is 408 g/mol. The summed E-state index contributed by atoms with van der Waals surface area (Å²) in [6.07, 6.45) is 28.1. The predicted octanol–water partition coefficient (Wildman–Crippen LogP) is 7.16. The van der Waals surface area contributed by atoms with Crippen molar-refractivity contribution in [2.45, 2.75) is 135 Å². The number of aliphatic hydroxyl groups excluding tert-OH is 1. The van der Waals surface area contributed by atoms with Crippen LogP contribution in [0.4, 0.5) is 0 Å². The molecule has 0 aromatic carbocycles. The number of rotatable bonds is 20. The number of hydrogen-bond acceptors (Lipinski definition) is 2. The molecule has 5 heteroatoms. The highest BCUT2D eigenvalue weighted by atomic mass is 31.1. The first kappa shape index (κ1) is 29.3. The molecule has 0 saturated heterocycles. The van der Waals surface area contributed by atoms with E-state index in [1.165, 1.54) is 122 Å². The highest BCUT2D eigenvalue weighted by Crippen LogP contribution is 2.14. The molecule has 0 saturated carbocycles. The van der Waals surface area contributed by atoms with E-state index in [2.05, 4.69) is 6.92 Å². The summed E-state index contributed by atoms with van der Waals surface area (Å²) in [5.74, 6) is 0. The Balaban J connectivity index is 0. The van der Waals surface area contributed by atoms with E-state index in [4.69, 9.17) is 19.5 Å². The average molecular weight is 409 g/mol. The molecule has 4 nitrogen and oxygen atoms in total. The predicted molar refractivity (Wildman–Crippen MR) is 119 cm³/mol.